The van der Waals surface area contributed by atoms with Crippen molar-refractivity contribution in [3.05, 3.63) is 46.0 Å². The topological polar surface area (TPSA) is 20.3 Å². The Bertz CT molecular complexity index is 505. The normalized spacial score (nSPS) is 19.1. The first-order chi connectivity index (χ1) is 8.75. The van der Waals surface area contributed by atoms with Crippen molar-refractivity contribution in [3.63, 3.8) is 0 Å². The van der Waals surface area contributed by atoms with Gasteiger partial charge >= 0.3 is 0 Å². The zero-order valence-corrected chi connectivity index (χ0v) is 11.0. The monoisotopic (exact) mass is 261 g/mol. The SMILES string of the molecule is O=C(c1ccccc1Cl)N1CCC(=C2CC2)CC1. The van der Waals surface area contributed by atoms with Crippen LogP contribution in [0.3, 0.4) is 0 Å². The van der Waals surface area contributed by atoms with Gasteiger partial charge in [-0.1, -0.05) is 34.9 Å². The summed E-state index contributed by atoms with van der Waals surface area (Å²) >= 11 is 6.07. The summed E-state index contributed by atoms with van der Waals surface area (Å²) in [6.45, 7) is 1.67. The van der Waals surface area contributed by atoms with Gasteiger partial charge in [-0.2, -0.15) is 0 Å². The van der Waals surface area contributed by atoms with E-state index in [9.17, 15) is 4.79 Å². The van der Waals surface area contributed by atoms with Gasteiger partial charge in [0.25, 0.3) is 5.91 Å². The zero-order chi connectivity index (χ0) is 12.5. The first-order valence-corrected chi connectivity index (χ1v) is 6.87. The molecule has 1 amide bonds. The fraction of sp³-hybridized carbons (Fsp3) is 0.400. The van der Waals surface area contributed by atoms with Crippen LogP contribution in [0, 0.1) is 0 Å². The largest absolute Gasteiger partial charge is 0.338 e. The van der Waals surface area contributed by atoms with Gasteiger partial charge in [0.2, 0.25) is 0 Å². The highest BCUT2D eigenvalue weighted by molar-refractivity contribution is 6.33. The minimum Gasteiger partial charge on any atom is -0.338 e. The maximum Gasteiger partial charge on any atom is 0.255 e. The Labute approximate surface area is 112 Å². The van der Waals surface area contributed by atoms with E-state index < -0.39 is 0 Å². The molecule has 1 saturated heterocycles. The molecule has 0 unspecified atom stereocenters. The summed E-state index contributed by atoms with van der Waals surface area (Å²) < 4.78 is 0. The number of hydrogen-bond acceptors (Lipinski definition) is 1. The van der Waals surface area contributed by atoms with Gasteiger partial charge in [0.1, 0.15) is 0 Å². The van der Waals surface area contributed by atoms with Gasteiger partial charge in [0, 0.05) is 13.1 Å². The number of likely N-dealkylation sites (tertiary alicyclic amines) is 1. The summed E-state index contributed by atoms with van der Waals surface area (Å²) in [5.74, 6) is 0.0699. The Morgan fingerprint density at radius 2 is 1.61 bits per heavy atom. The maximum atomic E-state index is 12.3. The number of hydrogen-bond donors (Lipinski definition) is 0. The van der Waals surface area contributed by atoms with Crippen molar-refractivity contribution in [2.45, 2.75) is 25.7 Å². The lowest BCUT2D eigenvalue weighted by Gasteiger charge is -2.29. The molecule has 0 radical (unpaired) electrons. The van der Waals surface area contributed by atoms with E-state index in [2.05, 4.69) is 0 Å². The average Bonchev–Trinajstić information content (AvgIpc) is 3.23. The average molecular weight is 262 g/mol. The van der Waals surface area contributed by atoms with Crippen LogP contribution < -0.4 is 0 Å². The lowest BCUT2D eigenvalue weighted by Crippen LogP contribution is -2.36. The summed E-state index contributed by atoms with van der Waals surface area (Å²) in [6.07, 6.45) is 4.67. The molecule has 1 aliphatic heterocycles. The van der Waals surface area contributed by atoms with Gasteiger partial charge in [0.05, 0.1) is 10.6 Å². The second-order valence-corrected chi connectivity index (χ2v) is 5.39. The number of carbonyl (C=O) groups is 1. The number of halogens is 1. The molecule has 3 heteroatoms. The van der Waals surface area contributed by atoms with E-state index in [-0.39, 0.29) is 5.91 Å². The van der Waals surface area contributed by atoms with Crippen molar-refractivity contribution in [3.8, 4) is 0 Å². The summed E-state index contributed by atoms with van der Waals surface area (Å²) in [5, 5.41) is 0.550. The molecule has 1 saturated carbocycles. The van der Waals surface area contributed by atoms with Gasteiger partial charge in [-0.05, 0) is 37.8 Å². The van der Waals surface area contributed by atoms with Crippen LogP contribution in [0.2, 0.25) is 5.02 Å². The van der Waals surface area contributed by atoms with Crippen molar-refractivity contribution in [1.29, 1.82) is 0 Å². The van der Waals surface area contributed by atoms with Crippen LogP contribution >= 0.6 is 11.6 Å². The fourth-order valence-corrected chi connectivity index (χ4v) is 2.77. The smallest absolute Gasteiger partial charge is 0.255 e. The highest BCUT2D eigenvalue weighted by Crippen LogP contribution is 2.36. The molecule has 1 aromatic rings. The molecular formula is C15H16ClNO. The Morgan fingerprint density at radius 3 is 2.22 bits per heavy atom. The number of rotatable bonds is 1. The van der Waals surface area contributed by atoms with Crippen molar-refractivity contribution in [1.82, 2.24) is 4.90 Å². The van der Waals surface area contributed by atoms with Gasteiger partial charge in [-0.25, -0.2) is 0 Å². The summed E-state index contributed by atoms with van der Waals surface area (Å²) in [7, 11) is 0. The third kappa shape index (κ3) is 2.30. The van der Waals surface area contributed by atoms with Crippen LogP contribution in [0.5, 0.6) is 0 Å². The Balaban J connectivity index is 1.71. The van der Waals surface area contributed by atoms with E-state index in [1.807, 2.05) is 17.0 Å². The molecule has 0 spiro atoms. The van der Waals surface area contributed by atoms with Crippen LogP contribution in [-0.2, 0) is 0 Å². The van der Waals surface area contributed by atoms with Crippen LogP contribution in [-0.4, -0.2) is 23.9 Å². The Hall–Kier alpha value is -1.28. The standard InChI is InChI=1S/C15H16ClNO/c16-14-4-2-1-3-13(14)15(18)17-9-7-12(8-10-17)11-5-6-11/h1-4H,5-10H2. The fourth-order valence-electron chi connectivity index (χ4n) is 2.55. The first kappa shape index (κ1) is 11.8. The van der Waals surface area contributed by atoms with E-state index in [1.54, 1.807) is 23.3 Å². The molecule has 1 heterocycles. The van der Waals surface area contributed by atoms with E-state index in [0.29, 0.717) is 10.6 Å². The molecule has 0 bridgehead atoms. The summed E-state index contributed by atoms with van der Waals surface area (Å²) in [4.78, 5) is 14.3. The molecule has 0 aromatic heterocycles. The molecule has 2 fully saturated rings. The number of allylic oxidation sites excluding steroid dienone is 1. The van der Waals surface area contributed by atoms with Gasteiger partial charge in [-0.3, -0.25) is 4.79 Å². The second-order valence-electron chi connectivity index (χ2n) is 4.98. The minimum absolute atomic E-state index is 0.0699. The van der Waals surface area contributed by atoms with Gasteiger partial charge < -0.3 is 4.90 Å². The van der Waals surface area contributed by atoms with Crippen molar-refractivity contribution in [2.24, 2.45) is 0 Å². The van der Waals surface area contributed by atoms with Gasteiger partial charge in [0.15, 0.2) is 0 Å². The van der Waals surface area contributed by atoms with E-state index in [4.69, 9.17) is 11.6 Å². The highest BCUT2D eigenvalue weighted by Gasteiger charge is 2.25. The quantitative estimate of drug-likeness (QED) is 0.707. The van der Waals surface area contributed by atoms with Crippen LogP contribution in [0.15, 0.2) is 35.4 Å². The molecule has 3 rings (SSSR count). The summed E-state index contributed by atoms with van der Waals surface area (Å²) in [5.41, 5.74) is 3.86. The van der Waals surface area contributed by atoms with Gasteiger partial charge in [-0.15, -0.1) is 0 Å². The summed E-state index contributed by atoms with van der Waals surface area (Å²) in [6, 6.07) is 7.29. The Kier molecular flexibility index (Phi) is 3.13. The molecular weight excluding hydrogens is 246 g/mol. The number of piperidine rings is 1. The molecule has 0 N–H and O–H groups in total. The Morgan fingerprint density at radius 1 is 1.00 bits per heavy atom. The van der Waals surface area contributed by atoms with Crippen molar-refractivity contribution >= 4 is 17.5 Å². The third-order valence-corrected chi connectivity index (χ3v) is 4.09. The number of benzene rings is 1. The maximum absolute atomic E-state index is 12.3. The van der Waals surface area contributed by atoms with Crippen LogP contribution in [0.4, 0.5) is 0 Å². The number of carbonyl (C=O) groups excluding carboxylic acids is 1. The molecule has 1 aromatic carbocycles. The lowest BCUT2D eigenvalue weighted by atomic mass is 10.0. The number of amides is 1. The third-order valence-electron chi connectivity index (χ3n) is 3.76. The van der Waals surface area contributed by atoms with E-state index in [1.165, 1.54) is 12.8 Å². The van der Waals surface area contributed by atoms with E-state index in [0.717, 1.165) is 25.9 Å². The predicted molar refractivity (Wildman–Crippen MR) is 72.8 cm³/mol. The van der Waals surface area contributed by atoms with Crippen molar-refractivity contribution in [2.75, 3.05) is 13.1 Å². The van der Waals surface area contributed by atoms with Crippen LogP contribution in [0.25, 0.3) is 0 Å². The molecule has 2 nitrogen and oxygen atoms in total. The van der Waals surface area contributed by atoms with Crippen LogP contribution in [0.1, 0.15) is 36.0 Å². The zero-order valence-electron chi connectivity index (χ0n) is 10.3. The molecule has 2 aliphatic rings. The van der Waals surface area contributed by atoms with Crippen molar-refractivity contribution < 1.29 is 4.79 Å². The molecule has 0 atom stereocenters. The second kappa shape index (κ2) is 4.77. The predicted octanol–water partition coefficient (Wildman–Crippen LogP) is 3.67. The minimum atomic E-state index is 0.0699. The lowest BCUT2D eigenvalue weighted by molar-refractivity contribution is 0.0743. The molecule has 18 heavy (non-hydrogen) atoms. The molecule has 94 valence electrons. The number of nitrogens with zero attached hydrogens (tertiary/aromatic N) is 1. The molecule has 1 aliphatic carbocycles. The first-order valence-electron chi connectivity index (χ1n) is 6.49. The highest BCUT2D eigenvalue weighted by atomic mass is 35.5. The van der Waals surface area contributed by atoms with E-state index >= 15 is 0 Å².